The molecule has 2 rings (SSSR count). The third-order valence-electron chi connectivity index (χ3n) is 3.47. The summed E-state index contributed by atoms with van der Waals surface area (Å²) >= 11 is 0. The molecule has 1 saturated heterocycles. The minimum Gasteiger partial charge on any atom is -0.330 e. The van der Waals surface area contributed by atoms with Crippen LogP contribution >= 0.6 is 0 Å². The van der Waals surface area contributed by atoms with Crippen LogP contribution in [0.3, 0.4) is 0 Å². The molecule has 0 bridgehead atoms. The Labute approximate surface area is 95.8 Å². The van der Waals surface area contributed by atoms with Crippen LogP contribution in [0.2, 0.25) is 0 Å². The Morgan fingerprint density at radius 3 is 2.56 bits per heavy atom. The minimum absolute atomic E-state index is 0.326. The van der Waals surface area contributed by atoms with Crippen LogP contribution in [-0.4, -0.2) is 44.7 Å². The van der Waals surface area contributed by atoms with Crippen LogP contribution in [0.25, 0.3) is 0 Å². The summed E-state index contributed by atoms with van der Waals surface area (Å²) in [4.78, 5) is 3.87. The van der Waals surface area contributed by atoms with E-state index >= 15 is 0 Å². The maximum atomic E-state index is 5.78. The molecule has 1 fully saturated rings. The van der Waals surface area contributed by atoms with Crippen molar-refractivity contribution in [3.63, 3.8) is 0 Å². The van der Waals surface area contributed by atoms with Gasteiger partial charge in [-0.05, 0) is 43.1 Å². The van der Waals surface area contributed by atoms with E-state index in [2.05, 4.69) is 27.2 Å². The summed E-state index contributed by atoms with van der Waals surface area (Å²) in [5, 5.41) is 12.0. The van der Waals surface area contributed by atoms with Gasteiger partial charge in [-0.25, -0.2) is 0 Å². The molecule has 1 aromatic rings. The van der Waals surface area contributed by atoms with Gasteiger partial charge in [0.05, 0.1) is 13.6 Å². The lowest BCUT2D eigenvalue weighted by Gasteiger charge is -2.38. The molecule has 0 radical (unpaired) electrons. The van der Waals surface area contributed by atoms with Crippen LogP contribution in [0, 0.1) is 5.41 Å². The maximum Gasteiger partial charge on any atom is 0.188 e. The first-order chi connectivity index (χ1) is 7.61. The summed E-state index contributed by atoms with van der Waals surface area (Å²) in [6.45, 7) is 6.00. The first-order valence-electron chi connectivity index (χ1n) is 5.77. The number of rotatable bonds is 3. The molecule has 1 aliphatic rings. The zero-order valence-electron chi connectivity index (χ0n) is 10.1. The SMILES string of the molecule is Cn1nnc(CN2CCC(C)(CN)CC2)n1. The Balaban J connectivity index is 1.86. The molecule has 90 valence electrons. The van der Waals surface area contributed by atoms with Crippen LogP contribution in [0.1, 0.15) is 25.6 Å². The van der Waals surface area contributed by atoms with E-state index in [4.69, 9.17) is 5.73 Å². The zero-order chi connectivity index (χ0) is 11.6. The molecule has 1 aromatic heterocycles. The smallest absolute Gasteiger partial charge is 0.188 e. The Hall–Kier alpha value is -1.01. The summed E-state index contributed by atoms with van der Waals surface area (Å²) in [5.74, 6) is 0.804. The molecule has 6 heteroatoms. The van der Waals surface area contributed by atoms with E-state index in [0.29, 0.717) is 5.41 Å². The van der Waals surface area contributed by atoms with E-state index in [1.165, 1.54) is 4.80 Å². The molecule has 0 unspecified atom stereocenters. The molecule has 0 atom stereocenters. The van der Waals surface area contributed by atoms with Crippen molar-refractivity contribution in [2.75, 3.05) is 19.6 Å². The molecule has 0 aliphatic carbocycles. The predicted molar refractivity (Wildman–Crippen MR) is 60.5 cm³/mol. The molecule has 6 nitrogen and oxygen atoms in total. The first kappa shape index (κ1) is 11.5. The number of aromatic nitrogens is 4. The van der Waals surface area contributed by atoms with Crippen LogP contribution < -0.4 is 5.73 Å². The summed E-state index contributed by atoms with van der Waals surface area (Å²) in [6.07, 6.45) is 2.31. The molecule has 0 saturated carbocycles. The Morgan fingerprint density at radius 1 is 1.38 bits per heavy atom. The van der Waals surface area contributed by atoms with Crippen LogP contribution in [0.5, 0.6) is 0 Å². The Kier molecular flexibility index (Phi) is 3.20. The quantitative estimate of drug-likeness (QED) is 0.768. The summed E-state index contributed by atoms with van der Waals surface area (Å²) in [5.41, 5.74) is 6.11. The molecular formula is C10H20N6. The van der Waals surface area contributed by atoms with Gasteiger partial charge in [0.15, 0.2) is 5.82 Å². The topological polar surface area (TPSA) is 72.9 Å². The van der Waals surface area contributed by atoms with E-state index in [9.17, 15) is 0 Å². The van der Waals surface area contributed by atoms with E-state index in [1.54, 1.807) is 7.05 Å². The highest BCUT2D eigenvalue weighted by molar-refractivity contribution is 4.85. The number of hydrogen-bond acceptors (Lipinski definition) is 5. The monoisotopic (exact) mass is 224 g/mol. The molecule has 16 heavy (non-hydrogen) atoms. The third kappa shape index (κ3) is 2.56. The van der Waals surface area contributed by atoms with Gasteiger partial charge in [-0.1, -0.05) is 6.92 Å². The van der Waals surface area contributed by atoms with Gasteiger partial charge < -0.3 is 5.73 Å². The van der Waals surface area contributed by atoms with Crippen molar-refractivity contribution in [2.24, 2.45) is 18.2 Å². The van der Waals surface area contributed by atoms with E-state index in [0.717, 1.165) is 44.8 Å². The number of aryl methyl sites for hydroxylation is 1. The van der Waals surface area contributed by atoms with E-state index in [-0.39, 0.29) is 0 Å². The van der Waals surface area contributed by atoms with Gasteiger partial charge in [0.2, 0.25) is 0 Å². The van der Waals surface area contributed by atoms with Gasteiger partial charge >= 0.3 is 0 Å². The predicted octanol–water partition coefficient (Wildman–Crippen LogP) is -0.229. The largest absolute Gasteiger partial charge is 0.330 e. The summed E-state index contributed by atoms with van der Waals surface area (Å²) < 4.78 is 0. The fraction of sp³-hybridized carbons (Fsp3) is 0.900. The average molecular weight is 224 g/mol. The van der Waals surface area contributed by atoms with Crippen molar-refractivity contribution in [3.8, 4) is 0 Å². The molecule has 1 aliphatic heterocycles. The Morgan fingerprint density at radius 2 is 2.06 bits per heavy atom. The molecule has 0 aromatic carbocycles. The second-order valence-electron chi connectivity index (χ2n) is 4.99. The number of piperidine rings is 1. The van der Waals surface area contributed by atoms with E-state index < -0.39 is 0 Å². The van der Waals surface area contributed by atoms with Crippen molar-refractivity contribution in [2.45, 2.75) is 26.3 Å². The number of tetrazole rings is 1. The van der Waals surface area contributed by atoms with Gasteiger partial charge in [-0.2, -0.15) is 4.80 Å². The number of nitrogens with two attached hydrogens (primary N) is 1. The van der Waals surface area contributed by atoms with Crippen molar-refractivity contribution in [1.82, 2.24) is 25.1 Å². The van der Waals surface area contributed by atoms with Gasteiger partial charge in [0, 0.05) is 0 Å². The minimum atomic E-state index is 0.326. The van der Waals surface area contributed by atoms with Crippen LogP contribution in [-0.2, 0) is 13.6 Å². The van der Waals surface area contributed by atoms with Gasteiger partial charge in [-0.3, -0.25) is 4.90 Å². The lowest BCUT2D eigenvalue weighted by Crippen LogP contribution is -2.41. The van der Waals surface area contributed by atoms with Gasteiger partial charge in [0.25, 0.3) is 0 Å². The summed E-state index contributed by atoms with van der Waals surface area (Å²) in [6, 6.07) is 0. The highest BCUT2D eigenvalue weighted by Crippen LogP contribution is 2.29. The molecular weight excluding hydrogens is 204 g/mol. The third-order valence-corrected chi connectivity index (χ3v) is 3.47. The average Bonchev–Trinajstić information content (AvgIpc) is 2.68. The van der Waals surface area contributed by atoms with Crippen molar-refractivity contribution in [1.29, 1.82) is 0 Å². The fourth-order valence-electron chi connectivity index (χ4n) is 2.04. The number of nitrogens with zero attached hydrogens (tertiary/aromatic N) is 5. The van der Waals surface area contributed by atoms with Crippen LogP contribution in [0.15, 0.2) is 0 Å². The van der Waals surface area contributed by atoms with Crippen molar-refractivity contribution in [3.05, 3.63) is 5.82 Å². The highest BCUT2D eigenvalue weighted by Gasteiger charge is 2.28. The number of likely N-dealkylation sites (tertiary alicyclic amines) is 1. The Bertz CT molecular complexity index is 339. The highest BCUT2D eigenvalue weighted by atomic mass is 15.6. The number of hydrogen-bond donors (Lipinski definition) is 1. The fourth-order valence-corrected chi connectivity index (χ4v) is 2.04. The second-order valence-corrected chi connectivity index (χ2v) is 4.99. The second kappa shape index (κ2) is 4.47. The lowest BCUT2D eigenvalue weighted by atomic mass is 9.80. The van der Waals surface area contributed by atoms with Crippen molar-refractivity contribution < 1.29 is 0 Å². The normalized spacial score (nSPS) is 21.2. The standard InChI is InChI=1S/C10H20N6/c1-10(8-11)3-5-16(6-4-10)7-9-12-14-15(2)13-9/h3-8,11H2,1-2H3. The lowest BCUT2D eigenvalue weighted by molar-refractivity contribution is 0.117. The van der Waals surface area contributed by atoms with E-state index in [1.807, 2.05) is 0 Å². The molecule has 0 spiro atoms. The maximum absolute atomic E-state index is 5.78. The molecule has 2 heterocycles. The van der Waals surface area contributed by atoms with Crippen molar-refractivity contribution >= 4 is 0 Å². The van der Waals surface area contributed by atoms with Gasteiger partial charge in [-0.15, -0.1) is 10.2 Å². The molecule has 0 amide bonds. The first-order valence-corrected chi connectivity index (χ1v) is 5.77. The zero-order valence-corrected chi connectivity index (χ0v) is 10.1. The van der Waals surface area contributed by atoms with Crippen LogP contribution in [0.4, 0.5) is 0 Å². The molecule has 2 N–H and O–H groups in total. The van der Waals surface area contributed by atoms with Gasteiger partial charge in [0.1, 0.15) is 0 Å². The summed E-state index contributed by atoms with van der Waals surface area (Å²) in [7, 11) is 1.79.